The summed E-state index contributed by atoms with van der Waals surface area (Å²) in [7, 11) is 0. The van der Waals surface area contributed by atoms with Gasteiger partial charge in [0.15, 0.2) is 5.78 Å². The van der Waals surface area contributed by atoms with E-state index in [0.29, 0.717) is 16.8 Å². The van der Waals surface area contributed by atoms with Crippen molar-refractivity contribution < 1.29 is 4.79 Å². The smallest absolute Gasteiger partial charge is 0.192 e. The summed E-state index contributed by atoms with van der Waals surface area (Å²) < 4.78 is 0. The fourth-order valence-corrected chi connectivity index (χ4v) is 1.90. The number of carbonyl (C=O) groups excluding carboxylic acids is 1. The lowest BCUT2D eigenvalue weighted by molar-refractivity contribution is 0.103. The first-order valence-electron chi connectivity index (χ1n) is 6.47. The molecule has 2 rings (SSSR count). The maximum Gasteiger partial charge on any atom is 0.192 e. The summed E-state index contributed by atoms with van der Waals surface area (Å²) in [4.78, 5) is 16.5. The van der Waals surface area contributed by atoms with E-state index in [-0.39, 0.29) is 5.78 Å². The van der Waals surface area contributed by atoms with E-state index in [2.05, 4.69) is 18.1 Å². The lowest BCUT2D eigenvalue weighted by Gasteiger charge is -2.04. The molecule has 3 heteroatoms. The molecule has 0 amide bonds. The van der Waals surface area contributed by atoms with Gasteiger partial charge < -0.3 is 5.73 Å². The number of aromatic nitrogens is 1. The van der Waals surface area contributed by atoms with Crippen LogP contribution in [0.15, 0.2) is 79.6 Å². The van der Waals surface area contributed by atoms with Crippen LogP contribution in [-0.2, 0) is 0 Å². The Labute approximate surface area is 124 Å². The summed E-state index contributed by atoms with van der Waals surface area (Å²) >= 11 is 0. The van der Waals surface area contributed by atoms with Crippen LogP contribution in [0, 0.1) is 0 Å². The predicted molar refractivity (Wildman–Crippen MR) is 86.9 cm³/mol. The van der Waals surface area contributed by atoms with Crippen LogP contribution < -0.4 is 5.73 Å². The third-order valence-electron chi connectivity index (χ3n) is 3.01. The number of anilines is 1. The number of allylic oxidation sites excluding steroid dienone is 4. The number of rotatable bonds is 5. The molecule has 0 aliphatic carbocycles. The van der Waals surface area contributed by atoms with Gasteiger partial charge in [-0.25, -0.2) is 0 Å². The van der Waals surface area contributed by atoms with Gasteiger partial charge >= 0.3 is 0 Å². The molecule has 0 aliphatic heterocycles. The number of nitrogens with zero attached hydrogens (tertiary/aromatic N) is 1. The Morgan fingerprint density at radius 1 is 1.10 bits per heavy atom. The van der Waals surface area contributed by atoms with E-state index in [1.54, 1.807) is 36.5 Å². The largest absolute Gasteiger partial charge is 0.397 e. The Balaban J connectivity index is 2.28. The minimum atomic E-state index is -0.0817. The first-order chi connectivity index (χ1) is 10.2. The molecule has 0 atom stereocenters. The highest BCUT2D eigenvalue weighted by Crippen LogP contribution is 2.19. The molecule has 0 radical (unpaired) electrons. The zero-order valence-electron chi connectivity index (χ0n) is 11.6. The Hall–Kier alpha value is -2.94. The number of nitrogens with two attached hydrogens (primary N) is 1. The number of Topliss-reactive ketones (excluding diaryl/α,β-unsaturated/α-hetero) is 1. The zero-order valence-corrected chi connectivity index (χ0v) is 11.6. The minimum absolute atomic E-state index is 0.0817. The van der Waals surface area contributed by atoms with Crippen molar-refractivity contribution in [2.24, 2.45) is 0 Å². The molecule has 0 bridgehead atoms. The maximum absolute atomic E-state index is 12.2. The van der Waals surface area contributed by atoms with E-state index in [9.17, 15) is 4.79 Å². The van der Waals surface area contributed by atoms with Gasteiger partial charge in [-0.2, -0.15) is 0 Å². The number of pyridine rings is 1. The Morgan fingerprint density at radius 2 is 1.81 bits per heavy atom. The number of hydrogen-bond acceptors (Lipinski definition) is 3. The molecule has 2 aromatic rings. The Kier molecular flexibility index (Phi) is 4.46. The second-order valence-electron chi connectivity index (χ2n) is 4.45. The summed E-state index contributed by atoms with van der Waals surface area (Å²) in [6, 6.07) is 10.9. The van der Waals surface area contributed by atoms with Gasteiger partial charge in [0.1, 0.15) is 0 Å². The molecular formula is C18H16N2O. The first kappa shape index (κ1) is 14.5. The number of hydrogen-bond donors (Lipinski definition) is 1. The van der Waals surface area contributed by atoms with Crippen molar-refractivity contribution in [2.45, 2.75) is 0 Å². The molecule has 0 unspecified atom stereocenters. The van der Waals surface area contributed by atoms with Crippen molar-refractivity contribution in [3.05, 3.63) is 85.1 Å². The molecule has 2 N–H and O–H groups in total. The van der Waals surface area contributed by atoms with Crippen molar-refractivity contribution in [1.82, 2.24) is 4.98 Å². The monoisotopic (exact) mass is 276 g/mol. The molecule has 0 saturated heterocycles. The van der Waals surface area contributed by atoms with E-state index in [1.807, 2.05) is 18.2 Å². The van der Waals surface area contributed by atoms with E-state index >= 15 is 0 Å². The Bertz CT molecular complexity index is 695. The van der Waals surface area contributed by atoms with Crippen LogP contribution in [0.2, 0.25) is 0 Å². The van der Waals surface area contributed by atoms with E-state index in [4.69, 9.17) is 5.73 Å². The summed E-state index contributed by atoms with van der Waals surface area (Å²) in [5.74, 6) is -0.0817. The van der Waals surface area contributed by atoms with Gasteiger partial charge in [0.2, 0.25) is 0 Å². The van der Waals surface area contributed by atoms with Gasteiger partial charge in [-0.3, -0.25) is 9.78 Å². The summed E-state index contributed by atoms with van der Waals surface area (Å²) in [6.07, 6.45) is 6.35. The van der Waals surface area contributed by atoms with Gasteiger partial charge in [-0.1, -0.05) is 55.7 Å². The lowest BCUT2D eigenvalue weighted by Crippen LogP contribution is -2.01. The molecule has 0 aliphatic rings. The normalized spacial score (nSPS) is 11.0. The fourth-order valence-electron chi connectivity index (χ4n) is 1.90. The Morgan fingerprint density at radius 3 is 2.33 bits per heavy atom. The van der Waals surface area contributed by atoms with E-state index < -0.39 is 0 Å². The topological polar surface area (TPSA) is 56.0 Å². The van der Waals surface area contributed by atoms with Crippen LogP contribution in [0.4, 0.5) is 5.69 Å². The second-order valence-corrected chi connectivity index (χ2v) is 4.45. The average molecular weight is 276 g/mol. The second kappa shape index (κ2) is 6.48. The number of nitrogen functional groups attached to an aromatic ring is 1. The van der Waals surface area contributed by atoms with Crippen LogP contribution in [0.5, 0.6) is 0 Å². The fraction of sp³-hybridized carbons (Fsp3) is 0. The number of benzene rings is 1. The van der Waals surface area contributed by atoms with Gasteiger partial charge in [0, 0.05) is 16.7 Å². The molecule has 3 nitrogen and oxygen atoms in total. The SMILES string of the molecule is C=C/C=C(\C=C)C(=O)c1ccc(-c2ccc(N)cn2)cc1. The molecule has 1 aromatic carbocycles. The van der Waals surface area contributed by atoms with Gasteiger partial charge in [-0.15, -0.1) is 0 Å². The molecular weight excluding hydrogens is 260 g/mol. The molecule has 1 heterocycles. The lowest BCUT2D eigenvalue weighted by atomic mass is 10.0. The van der Waals surface area contributed by atoms with Gasteiger partial charge in [0.25, 0.3) is 0 Å². The number of ketones is 1. The quantitative estimate of drug-likeness (QED) is 0.513. The van der Waals surface area contributed by atoms with Crippen molar-refractivity contribution in [1.29, 1.82) is 0 Å². The molecule has 0 fully saturated rings. The predicted octanol–water partition coefficient (Wildman–Crippen LogP) is 3.81. The third kappa shape index (κ3) is 3.34. The standard InChI is InChI=1S/C18H16N2O/c1-3-5-13(4-2)18(21)15-8-6-14(7-9-15)17-11-10-16(19)12-20-17/h3-12H,1-2,19H2/b13-5+. The van der Waals surface area contributed by atoms with E-state index in [0.717, 1.165) is 11.3 Å². The minimum Gasteiger partial charge on any atom is -0.397 e. The van der Waals surface area contributed by atoms with Crippen LogP contribution in [0.1, 0.15) is 10.4 Å². The first-order valence-corrected chi connectivity index (χ1v) is 6.47. The van der Waals surface area contributed by atoms with Crippen molar-refractivity contribution >= 4 is 11.5 Å². The highest BCUT2D eigenvalue weighted by molar-refractivity contribution is 6.10. The van der Waals surface area contributed by atoms with E-state index in [1.165, 1.54) is 6.08 Å². The molecule has 0 saturated carbocycles. The summed E-state index contributed by atoms with van der Waals surface area (Å²) in [5.41, 5.74) is 9.10. The van der Waals surface area contributed by atoms with Crippen molar-refractivity contribution in [2.75, 3.05) is 5.73 Å². The highest BCUT2D eigenvalue weighted by atomic mass is 16.1. The molecule has 21 heavy (non-hydrogen) atoms. The van der Waals surface area contributed by atoms with Crippen LogP contribution >= 0.6 is 0 Å². The third-order valence-corrected chi connectivity index (χ3v) is 3.01. The summed E-state index contributed by atoms with van der Waals surface area (Å²) in [6.45, 7) is 7.23. The highest BCUT2D eigenvalue weighted by Gasteiger charge is 2.09. The van der Waals surface area contributed by atoms with Gasteiger partial charge in [-0.05, 0) is 12.1 Å². The maximum atomic E-state index is 12.2. The molecule has 0 spiro atoms. The van der Waals surface area contributed by atoms with Crippen molar-refractivity contribution in [3.63, 3.8) is 0 Å². The van der Waals surface area contributed by atoms with Crippen LogP contribution in [-0.4, -0.2) is 10.8 Å². The zero-order chi connectivity index (χ0) is 15.2. The molecule has 1 aromatic heterocycles. The summed E-state index contributed by atoms with van der Waals surface area (Å²) in [5, 5.41) is 0. The average Bonchev–Trinajstić information content (AvgIpc) is 2.53. The molecule has 104 valence electrons. The number of carbonyl (C=O) groups is 1. The van der Waals surface area contributed by atoms with Crippen molar-refractivity contribution in [3.8, 4) is 11.3 Å². The van der Waals surface area contributed by atoms with Crippen LogP contribution in [0.3, 0.4) is 0 Å². The van der Waals surface area contributed by atoms with Gasteiger partial charge in [0.05, 0.1) is 17.6 Å². The van der Waals surface area contributed by atoms with Crippen LogP contribution in [0.25, 0.3) is 11.3 Å².